The van der Waals surface area contributed by atoms with Crippen molar-refractivity contribution in [3.63, 3.8) is 0 Å². The molecule has 3 rings (SSSR count). The van der Waals surface area contributed by atoms with Gasteiger partial charge in [-0.2, -0.15) is 0 Å². The van der Waals surface area contributed by atoms with Gasteiger partial charge >= 0.3 is 6.09 Å². The Morgan fingerprint density at radius 2 is 2.00 bits per heavy atom. The second kappa shape index (κ2) is 9.77. The number of rotatable bonds is 6. The Kier molecular flexibility index (Phi) is 6.89. The van der Waals surface area contributed by atoms with Gasteiger partial charge in [0, 0.05) is 24.7 Å². The van der Waals surface area contributed by atoms with Crippen LogP contribution in [0, 0.1) is 0 Å². The van der Waals surface area contributed by atoms with Crippen LogP contribution in [0.4, 0.5) is 16.3 Å². The van der Waals surface area contributed by atoms with Crippen LogP contribution in [0.2, 0.25) is 0 Å². The van der Waals surface area contributed by atoms with Gasteiger partial charge in [0.05, 0.1) is 25.6 Å². The van der Waals surface area contributed by atoms with E-state index in [9.17, 15) is 9.59 Å². The highest BCUT2D eigenvalue weighted by Gasteiger charge is 2.23. The zero-order valence-electron chi connectivity index (χ0n) is 16.7. The fraction of sp³-hybridized carbons (Fsp3) is 0.381. The smallest absolute Gasteiger partial charge is 0.409 e. The van der Waals surface area contributed by atoms with Gasteiger partial charge < -0.3 is 25.0 Å². The molecule has 2 aromatic rings. The molecule has 1 saturated heterocycles. The molecule has 0 unspecified atom stereocenters. The summed E-state index contributed by atoms with van der Waals surface area (Å²) in [4.78, 5) is 30.2. The zero-order valence-corrected chi connectivity index (χ0v) is 16.7. The number of ether oxygens (including phenoxy) is 2. The van der Waals surface area contributed by atoms with Gasteiger partial charge in [-0.1, -0.05) is 6.07 Å². The van der Waals surface area contributed by atoms with Crippen molar-refractivity contribution in [2.75, 3.05) is 37.4 Å². The van der Waals surface area contributed by atoms with Crippen LogP contribution >= 0.6 is 0 Å². The number of pyridine rings is 1. The normalized spacial score (nSPS) is 14.2. The molecule has 1 aliphatic rings. The lowest BCUT2D eigenvalue weighted by Crippen LogP contribution is -2.42. The summed E-state index contributed by atoms with van der Waals surface area (Å²) in [7, 11) is 1.56. The van der Waals surface area contributed by atoms with Crippen molar-refractivity contribution in [1.29, 1.82) is 0 Å². The molecular weight excluding hydrogens is 372 g/mol. The molecule has 1 aliphatic heterocycles. The highest BCUT2D eigenvalue weighted by molar-refractivity contribution is 6.04. The van der Waals surface area contributed by atoms with Gasteiger partial charge in [-0.15, -0.1) is 0 Å². The van der Waals surface area contributed by atoms with Gasteiger partial charge in [0.15, 0.2) is 0 Å². The van der Waals surface area contributed by atoms with E-state index in [1.807, 2.05) is 6.07 Å². The van der Waals surface area contributed by atoms with E-state index < -0.39 is 0 Å². The first-order chi connectivity index (χ1) is 14.1. The monoisotopic (exact) mass is 398 g/mol. The Morgan fingerprint density at radius 3 is 2.66 bits per heavy atom. The van der Waals surface area contributed by atoms with Crippen molar-refractivity contribution < 1.29 is 19.1 Å². The second-order valence-electron chi connectivity index (χ2n) is 6.72. The fourth-order valence-corrected chi connectivity index (χ4v) is 3.15. The molecule has 2 heterocycles. The van der Waals surface area contributed by atoms with E-state index in [2.05, 4.69) is 15.6 Å². The summed E-state index contributed by atoms with van der Waals surface area (Å²) in [5, 5.41) is 6.21. The quantitative estimate of drug-likeness (QED) is 0.775. The Hall–Kier alpha value is -3.29. The Morgan fingerprint density at radius 1 is 1.21 bits per heavy atom. The summed E-state index contributed by atoms with van der Waals surface area (Å²) in [5.74, 6) is 1.14. The molecule has 2 N–H and O–H groups in total. The minimum absolute atomic E-state index is 0.224. The number of aromatic nitrogens is 1. The number of nitrogens with one attached hydrogen (secondary N) is 2. The lowest BCUT2D eigenvalue weighted by Gasteiger charge is -2.31. The van der Waals surface area contributed by atoms with Crippen LogP contribution in [0.15, 0.2) is 42.6 Å². The minimum atomic E-state index is -0.250. The highest BCUT2D eigenvalue weighted by atomic mass is 16.6. The number of carbonyl (C=O) groups excluding carboxylic acids is 2. The molecule has 0 saturated carbocycles. The first-order valence-corrected chi connectivity index (χ1v) is 9.68. The van der Waals surface area contributed by atoms with Crippen molar-refractivity contribution in [2.45, 2.75) is 25.8 Å². The average molecular weight is 398 g/mol. The predicted molar refractivity (Wildman–Crippen MR) is 110 cm³/mol. The molecule has 1 aromatic carbocycles. The average Bonchev–Trinajstić information content (AvgIpc) is 2.76. The number of likely N-dealkylation sites (tertiary alicyclic amines) is 1. The number of hydrogen-bond acceptors (Lipinski definition) is 6. The van der Waals surface area contributed by atoms with Crippen LogP contribution in [-0.4, -0.2) is 54.7 Å². The maximum absolute atomic E-state index is 12.4. The van der Waals surface area contributed by atoms with Crippen molar-refractivity contribution in [1.82, 2.24) is 9.88 Å². The van der Waals surface area contributed by atoms with Crippen molar-refractivity contribution >= 4 is 23.5 Å². The Balaban J connectivity index is 1.50. The molecule has 0 bridgehead atoms. The van der Waals surface area contributed by atoms with Crippen LogP contribution in [0.1, 0.15) is 30.1 Å². The molecule has 1 aromatic heterocycles. The third-order valence-corrected chi connectivity index (χ3v) is 4.73. The van der Waals surface area contributed by atoms with Gasteiger partial charge in [-0.3, -0.25) is 4.79 Å². The number of anilines is 2. The molecule has 8 nitrogen and oxygen atoms in total. The summed E-state index contributed by atoms with van der Waals surface area (Å²) in [6, 6.07) is 10.8. The summed E-state index contributed by atoms with van der Waals surface area (Å²) in [5.41, 5.74) is 1.13. The molecular formula is C21H26N4O4. The van der Waals surface area contributed by atoms with Crippen LogP contribution < -0.4 is 15.4 Å². The summed E-state index contributed by atoms with van der Waals surface area (Å²) in [6.07, 6.45) is 3.03. The van der Waals surface area contributed by atoms with Gasteiger partial charge in [0.2, 0.25) is 0 Å². The van der Waals surface area contributed by atoms with Gasteiger partial charge in [-0.25, -0.2) is 9.78 Å². The second-order valence-corrected chi connectivity index (χ2v) is 6.72. The summed E-state index contributed by atoms with van der Waals surface area (Å²) >= 11 is 0. The predicted octanol–water partition coefficient (Wildman–Crippen LogP) is 3.38. The highest BCUT2D eigenvalue weighted by Crippen LogP contribution is 2.18. The number of methoxy groups -OCH3 is 1. The molecule has 8 heteroatoms. The van der Waals surface area contributed by atoms with E-state index in [0.29, 0.717) is 36.7 Å². The molecule has 29 heavy (non-hydrogen) atoms. The first-order valence-electron chi connectivity index (χ1n) is 9.68. The fourth-order valence-electron chi connectivity index (χ4n) is 3.15. The van der Waals surface area contributed by atoms with E-state index in [1.165, 1.54) is 0 Å². The molecule has 1 fully saturated rings. The van der Waals surface area contributed by atoms with E-state index in [-0.39, 0.29) is 18.0 Å². The van der Waals surface area contributed by atoms with Crippen LogP contribution in [0.5, 0.6) is 5.75 Å². The molecule has 0 spiro atoms. The molecule has 2 amide bonds. The van der Waals surface area contributed by atoms with Crippen molar-refractivity contribution in [3.05, 3.63) is 48.2 Å². The van der Waals surface area contributed by atoms with Crippen LogP contribution in [0.25, 0.3) is 0 Å². The number of carbonyl (C=O) groups is 2. The van der Waals surface area contributed by atoms with Crippen LogP contribution in [0.3, 0.4) is 0 Å². The summed E-state index contributed by atoms with van der Waals surface area (Å²) in [6.45, 7) is 3.51. The van der Waals surface area contributed by atoms with Crippen LogP contribution in [-0.2, 0) is 4.74 Å². The van der Waals surface area contributed by atoms with E-state index >= 15 is 0 Å². The Labute approximate surface area is 170 Å². The number of benzene rings is 1. The van der Waals surface area contributed by atoms with Gasteiger partial charge in [0.1, 0.15) is 11.6 Å². The topological polar surface area (TPSA) is 92.8 Å². The number of nitrogens with zero attached hydrogens (tertiary/aromatic N) is 2. The number of amides is 2. The van der Waals surface area contributed by atoms with Crippen molar-refractivity contribution in [2.24, 2.45) is 0 Å². The maximum Gasteiger partial charge on any atom is 0.409 e. The van der Waals surface area contributed by atoms with Crippen molar-refractivity contribution in [3.8, 4) is 5.75 Å². The Bertz CT molecular complexity index is 833. The van der Waals surface area contributed by atoms with E-state index in [1.54, 1.807) is 55.5 Å². The van der Waals surface area contributed by atoms with Gasteiger partial charge in [0.25, 0.3) is 5.91 Å². The zero-order chi connectivity index (χ0) is 20.6. The van der Waals surface area contributed by atoms with E-state index in [0.717, 1.165) is 18.7 Å². The summed E-state index contributed by atoms with van der Waals surface area (Å²) < 4.78 is 10.2. The minimum Gasteiger partial charge on any atom is -0.497 e. The standard InChI is InChI=1S/C21H26N4O4/c1-3-29-21(27)25-11-9-16(10-12-25)23-19-8-7-17(14-22-19)24-20(26)15-5-4-6-18(13-15)28-2/h4-8,13-14,16H,3,9-12H2,1-2H3,(H,22,23)(H,24,26). The molecule has 154 valence electrons. The first kappa shape index (κ1) is 20.4. The lowest BCUT2D eigenvalue weighted by atomic mass is 10.1. The molecule has 0 atom stereocenters. The van der Waals surface area contributed by atoms with Gasteiger partial charge in [-0.05, 0) is 50.1 Å². The lowest BCUT2D eigenvalue weighted by molar-refractivity contribution is 0.0981. The maximum atomic E-state index is 12.4. The number of piperidine rings is 1. The third-order valence-electron chi connectivity index (χ3n) is 4.73. The SMILES string of the molecule is CCOC(=O)N1CCC(Nc2ccc(NC(=O)c3cccc(OC)c3)cn2)CC1. The van der Waals surface area contributed by atoms with E-state index in [4.69, 9.17) is 9.47 Å². The molecule has 0 aliphatic carbocycles. The third kappa shape index (κ3) is 5.60. The molecule has 0 radical (unpaired) electrons. The largest absolute Gasteiger partial charge is 0.497 e. The number of hydrogen-bond donors (Lipinski definition) is 2.